The van der Waals surface area contributed by atoms with Crippen LogP contribution in [-0.4, -0.2) is 64.4 Å². The number of benzene rings is 3. The Hall–Kier alpha value is -3.45. The van der Waals surface area contributed by atoms with Crippen LogP contribution in [0.3, 0.4) is 0 Å². The van der Waals surface area contributed by atoms with Gasteiger partial charge in [0.15, 0.2) is 4.84 Å². The zero-order chi connectivity index (χ0) is 41.9. The highest BCUT2D eigenvalue weighted by molar-refractivity contribution is 6.54. The molecule has 11 nitrogen and oxygen atoms in total. The molecule has 4 aromatic rings. The van der Waals surface area contributed by atoms with Crippen molar-refractivity contribution in [1.82, 2.24) is 9.78 Å². The first-order valence-electron chi connectivity index (χ1n) is 18.0. The number of ether oxygens (including phenoxy) is 3. The van der Waals surface area contributed by atoms with Crippen LogP contribution in [-0.2, 0) is 26.2 Å². The molecule has 306 valence electrons. The van der Waals surface area contributed by atoms with E-state index in [1.807, 2.05) is 97.9 Å². The first-order chi connectivity index (χ1) is 26.4. The van der Waals surface area contributed by atoms with Crippen LogP contribution >= 0.6 is 58.0 Å². The number of amides is 2. The summed E-state index contributed by atoms with van der Waals surface area (Å²) >= 11 is 29.2. The van der Waals surface area contributed by atoms with Crippen LogP contribution in [0.2, 0.25) is 10.0 Å². The molecule has 0 aliphatic carbocycles. The quantitative estimate of drug-likeness (QED) is 0.114. The molecule has 0 fully saturated rings. The van der Waals surface area contributed by atoms with Gasteiger partial charge in [-0.3, -0.25) is 14.5 Å². The van der Waals surface area contributed by atoms with Crippen LogP contribution in [0.1, 0.15) is 72.4 Å². The third-order valence-corrected chi connectivity index (χ3v) is 9.26. The zero-order valence-electron chi connectivity index (χ0n) is 33.0. The zero-order valence-corrected chi connectivity index (χ0v) is 36.8. The number of aryl methyl sites for hydroxylation is 2. The van der Waals surface area contributed by atoms with Gasteiger partial charge in [-0.15, -0.1) is 16.7 Å². The molecule has 1 atom stereocenters. The molecule has 2 heterocycles. The lowest BCUT2D eigenvalue weighted by molar-refractivity contribution is -0.118. The van der Waals surface area contributed by atoms with Crippen LogP contribution in [0.4, 0.5) is 11.4 Å². The Morgan fingerprint density at radius 2 is 1.70 bits per heavy atom. The molecule has 0 N–H and O–H groups in total. The van der Waals surface area contributed by atoms with Crippen LogP contribution in [0.25, 0.3) is 5.69 Å². The lowest BCUT2D eigenvalue weighted by Crippen LogP contribution is -2.47. The first-order valence-corrected chi connectivity index (χ1v) is 20.1. The third-order valence-electron chi connectivity index (χ3n) is 8.06. The van der Waals surface area contributed by atoms with Gasteiger partial charge in [0.1, 0.15) is 30.7 Å². The molecule has 0 radical (unpaired) electrons. The Morgan fingerprint density at radius 1 is 1.02 bits per heavy atom. The average molecular weight is 875 g/mol. The van der Waals surface area contributed by atoms with E-state index < -0.39 is 10.6 Å². The lowest BCUT2D eigenvalue weighted by Gasteiger charge is -2.35. The number of alkyl halides is 3. The van der Waals surface area contributed by atoms with Gasteiger partial charge in [-0.2, -0.15) is 4.68 Å². The van der Waals surface area contributed by atoms with E-state index in [2.05, 4.69) is 12.0 Å². The summed E-state index contributed by atoms with van der Waals surface area (Å²) in [6.45, 7) is 18.6. The molecule has 1 unspecified atom stereocenters. The van der Waals surface area contributed by atoms with E-state index in [1.165, 1.54) is 6.07 Å². The van der Waals surface area contributed by atoms with Gasteiger partial charge < -0.3 is 23.5 Å². The van der Waals surface area contributed by atoms with E-state index in [0.29, 0.717) is 41.3 Å². The molecular formula is C40H49Cl5N4O7. The van der Waals surface area contributed by atoms with Crippen LogP contribution < -0.4 is 25.0 Å². The monoisotopic (exact) mass is 872 g/mol. The minimum Gasteiger partial charge on any atom is -0.489 e. The number of nitrogens with zero attached hydrogens (tertiary/aromatic N) is 4. The highest BCUT2D eigenvalue weighted by Gasteiger charge is 2.32. The van der Waals surface area contributed by atoms with Crippen molar-refractivity contribution in [2.75, 3.05) is 35.6 Å². The largest absolute Gasteiger partial charge is 0.489 e. The molecule has 0 saturated heterocycles. The standard InChI is InChI=1S/C15H18Cl2N2O3.C14H20ClNO2.C11H11Cl2NO2/c1-8(2)21-12-7-11(9(16)6-10(12)17)19-14(20)22-13(18-19)15(3,4)5;1-4-12-8-6-7-11(3)14(12)16(10-18-5-2)13(17)9-15;1-7-6-16-9-5-3-2-4-8(9)14(7)11(15)10(12)13/h6-8H,1-5H3;6-8H,4-5,9-10H2,1-3H3;2-5,7,10H,6H2,1H3. The topological polar surface area (TPSA) is 116 Å². The SMILES string of the molecule is CC(C)Oc1cc(-n2nc(C(C)(C)C)oc2=O)c(Cl)cc1Cl.CC1COc2ccccc2N1C(=O)C(Cl)Cl.CCOCN(C(=O)CCl)c1c(C)cccc1CC. The number of carbonyl (C=O) groups excluding carboxylic acids is 2. The summed E-state index contributed by atoms with van der Waals surface area (Å²) in [6, 6.07) is 16.4. The number of rotatable bonds is 10. The molecule has 1 aromatic heterocycles. The molecule has 5 rings (SSSR count). The number of hydrogen-bond acceptors (Lipinski definition) is 8. The number of halogens is 5. The minimum absolute atomic E-state index is 0.0371. The van der Waals surface area contributed by atoms with Gasteiger partial charge in [0.25, 0.3) is 5.91 Å². The molecule has 3 aromatic carbocycles. The van der Waals surface area contributed by atoms with Crippen LogP contribution in [0.15, 0.2) is 63.8 Å². The molecule has 0 spiro atoms. The lowest BCUT2D eigenvalue weighted by atomic mass is 9.97. The van der Waals surface area contributed by atoms with E-state index >= 15 is 0 Å². The second-order valence-electron chi connectivity index (χ2n) is 13.9. The molecular weight excluding hydrogens is 826 g/mol. The summed E-state index contributed by atoms with van der Waals surface area (Å²) in [5.74, 6) is 0.358. The number of carbonyl (C=O) groups is 2. The fourth-order valence-electron chi connectivity index (χ4n) is 5.41. The van der Waals surface area contributed by atoms with Crippen molar-refractivity contribution in [1.29, 1.82) is 0 Å². The number of hydrogen-bond donors (Lipinski definition) is 0. The number of aromatic nitrogens is 2. The first kappa shape index (κ1) is 46.9. The summed E-state index contributed by atoms with van der Waals surface area (Å²) in [5.41, 5.74) is 3.82. The normalized spacial score (nSPS) is 13.6. The van der Waals surface area contributed by atoms with Gasteiger partial charge in [0.2, 0.25) is 11.8 Å². The van der Waals surface area contributed by atoms with Gasteiger partial charge in [-0.05, 0) is 70.4 Å². The Morgan fingerprint density at radius 3 is 2.27 bits per heavy atom. The van der Waals surface area contributed by atoms with Crippen molar-refractivity contribution >= 4 is 81.2 Å². The van der Waals surface area contributed by atoms with Crippen LogP contribution in [0, 0.1) is 6.92 Å². The highest BCUT2D eigenvalue weighted by Crippen LogP contribution is 2.35. The molecule has 1 aliphatic heterocycles. The maximum absolute atomic E-state index is 12.1. The minimum atomic E-state index is -1.05. The number of fused-ring (bicyclic) bond motifs is 1. The van der Waals surface area contributed by atoms with Crippen molar-refractivity contribution in [3.05, 3.63) is 92.2 Å². The van der Waals surface area contributed by atoms with Gasteiger partial charge in [-0.25, -0.2) is 4.79 Å². The van der Waals surface area contributed by atoms with Crippen molar-refractivity contribution < 1.29 is 28.2 Å². The smallest absolute Gasteiger partial charge is 0.442 e. The van der Waals surface area contributed by atoms with Crippen molar-refractivity contribution in [3.8, 4) is 17.2 Å². The molecule has 16 heteroatoms. The summed E-state index contributed by atoms with van der Waals surface area (Å²) < 4.78 is 22.8. The third kappa shape index (κ3) is 12.3. The predicted octanol–water partition coefficient (Wildman–Crippen LogP) is 9.94. The Labute approximate surface area is 353 Å². The fourth-order valence-corrected chi connectivity index (χ4v) is 6.27. The summed E-state index contributed by atoms with van der Waals surface area (Å²) in [7, 11) is 0. The molecule has 56 heavy (non-hydrogen) atoms. The predicted molar refractivity (Wildman–Crippen MR) is 226 cm³/mol. The van der Waals surface area contributed by atoms with Crippen molar-refractivity contribution in [3.63, 3.8) is 0 Å². The summed E-state index contributed by atoms with van der Waals surface area (Å²) in [6.07, 6.45) is 0.806. The summed E-state index contributed by atoms with van der Waals surface area (Å²) in [5, 5.41) is 4.88. The van der Waals surface area contributed by atoms with Crippen molar-refractivity contribution in [2.45, 2.75) is 91.1 Å². The Balaban J connectivity index is 0.000000228. The van der Waals surface area contributed by atoms with Crippen LogP contribution in [0.5, 0.6) is 11.5 Å². The van der Waals surface area contributed by atoms with E-state index in [4.69, 9.17) is 76.6 Å². The average Bonchev–Trinajstić information content (AvgIpc) is 3.55. The van der Waals surface area contributed by atoms with E-state index in [0.717, 1.165) is 33.6 Å². The van der Waals surface area contributed by atoms with Gasteiger partial charge >= 0.3 is 5.76 Å². The maximum Gasteiger partial charge on any atom is 0.442 e. The summed E-state index contributed by atoms with van der Waals surface area (Å²) in [4.78, 5) is 38.1. The van der Waals surface area contributed by atoms with Crippen molar-refractivity contribution in [2.24, 2.45) is 0 Å². The molecule has 2 amide bonds. The maximum atomic E-state index is 12.1. The van der Waals surface area contributed by atoms with E-state index in [9.17, 15) is 14.4 Å². The van der Waals surface area contributed by atoms with Gasteiger partial charge in [-0.1, -0.05) is 104 Å². The van der Waals surface area contributed by atoms with Gasteiger partial charge in [0.05, 0.1) is 39.3 Å². The second kappa shape index (κ2) is 21.3. The molecule has 1 aliphatic rings. The van der Waals surface area contributed by atoms with E-state index in [-0.39, 0.29) is 47.0 Å². The van der Waals surface area contributed by atoms with Gasteiger partial charge in [0, 0.05) is 18.1 Å². The Bertz CT molecular complexity index is 1990. The highest BCUT2D eigenvalue weighted by atomic mass is 35.5. The molecule has 0 saturated carbocycles. The Kier molecular flexibility index (Phi) is 17.9. The fraction of sp³-hybridized carbons (Fsp3) is 0.450. The number of anilines is 2. The second-order valence-corrected chi connectivity index (χ2v) is 16.1. The molecule has 0 bridgehead atoms. The number of para-hydroxylation sites is 3. The van der Waals surface area contributed by atoms with E-state index in [1.54, 1.807) is 15.9 Å².